The third kappa shape index (κ3) is 2.90. The van der Waals surface area contributed by atoms with Crippen LogP contribution in [-0.2, 0) is 6.42 Å². The van der Waals surface area contributed by atoms with Crippen molar-refractivity contribution in [2.45, 2.75) is 19.3 Å². The Kier molecular flexibility index (Phi) is 3.74. The predicted octanol–water partition coefficient (Wildman–Crippen LogP) is 2.80. The third-order valence-corrected chi connectivity index (χ3v) is 3.41. The quantitative estimate of drug-likeness (QED) is 0.892. The molecule has 0 atom stereocenters. The molecule has 0 fully saturated rings. The van der Waals surface area contributed by atoms with Crippen molar-refractivity contribution in [3.8, 4) is 0 Å². The molecule has 6 heteroatoms. The van der Waals surface area contributed by atoms with Crippen molar-refractivity contribution in [3.63, 3.8) is 0 Å². The summed E-state index contributed by atoms with van der Waals surface area (Å²) in [5.41, 5.74) is 0.276. The zero-order valence-electron chi connectivity index (χ0n) is 11.7. The molecule has 2 aromatic rings. The summed E-state index contributed by atoms with van der Waals surface area (Å²) in [4.78, 5) is 35.6. The van der Waals surface area contributed by atoms with Gasteiger partial charge in [0.15, 0.2) is 5.78 Å². The van der Waals surface area contributed by atoms with Gasteiger partial charge in [0, 0.05) is 18.5 Å². The van der Waals surface area contributed by atoms with Gasteiger partial charge in [-0.15, -0.1) is 0 Å². The normalized spacial score (nSPS) is 13.4. The van der Waals surface area contributed by atoms with Gasteiger partial charge in [-0.2, -0.15) is 0 Å². The molecule has 0 spiro atoms. The molecule has 1 aliphatic rings. The van der Waals surface area contributed by atoms with Crippen LogP contribution in [0.1, 0.15) is 29.0 Å². The van der Waals surface area contributed by atoms with E-state index >= 15 is 0 Å². The number of benzene rings is 1. The van der Waals surface area contributed by atoms with Crippen molar-refractivity contribution in [3.05, 3.63) is 58.1 Å². The first-order valence-corrected chi connectivity index (χ1v) is 6.97. The molecule has 6 nitrogen and oxygen atoms in total. The Hall–Kier alpha value is -2.89. The second-order valence-electron chi connectivity index (χ2n) is 5.01. The van der Waals surface area contributed by atoms with Gasteiger partial charge in [-0.25, -0.2) is 9.59 Å². The number of Topliss-reactive ketones (excluding diaryl/α,β-unsaturated/α-hetero) is 1. The number of fused-ring (bicyclic) bond motifs is 1. The summed E-state index contributed by atoms with van der Waals surface area (Å²) >= 11 is 0. The van der Waals surface area contributed by atoms with Gasteiger partial charge in [-0.1, -0.05) is 18.2 Å². The van der Waals surface area contributed by atoms with Crippen molar-refractivity contribution in [1.29, 1.82) is 0 Å². The Balaban J connectivity index is 1.80. The van der Waals surface area contributed by atoms with Crippen LogP contribution in [0.5, 0.6) is 0 Å². The first kappa shape index (κ1) is 14.1. The Morgan fingerprint density at radius 2 is 1.82 bits per heavy atom. The molecule has 0 saturated carbocycles. The van der Waals surface area contributed by atoms with Gasteiger partial charge in [0.05, 0.1) is 5.56 Å². The average Bonchev–Trinajstić information content (AvgIpc) is 2.50. The van der Waals surface area contributed by atoms with E-state index in [1.54, 1.807) is 24.3 Å². The largest absolute Gasteiger partial charge is 0.426 e. The first-order valence-electron chi connectivity index (χ1n) is 6.97. The Morgan fingerprint density at radius 3 is 2.59 bits per heavy atom. The molecule has 2 amide bonds. The number of hydrogen-bond acceptors (Lipinski definition) is 4. The van der Waals surface area contributed by atoms with Crippen LogP contribution in [0.15, 0.2) is 45.6 Å². The van der Waals surface area contributed by atoms with Crippen LogP contribution in [0.4, 0.5) is 16.2 Å². The summed E-state index contributed by atoms with van der Waals surface area (Å²) in [5.74, 6) is 0.326. The number of hydrogen-bond donors (Lipinski definition) is 2. The van der Waals surface area contributed by atoms with E-state index in [2.05, 4.69) is 10.6 Å². The lowest BCUT2D eigenvalue weighted by Gasteiger charge is -2.14. The minimum Gasteiger partial charge on any atom is -0.426 e. The van der Waals surface area contributed by atoms with Gasteiger partial charge in [0.1, 0.15) is 11.4 Å². The van der Waals surface area contributed by atoms with Crippen LogP contribution in [0.3, 0.4) is 0 Å². The number of aryl methyl sites for hydroxylation is 1. The van der Waals surface area contributed by atoms with E-state index in [1.165, 1.54) is 6.07 Å². The SMILES string of the molecule is O=C(Nc1ccccc1)Nc1cc2c(oc1=O)CCCC2=O. The predicted molar refractivity (Wildman–Crippen MR) is 81.3 cm³/mol. The minimum atomic E-state index is -0.656. The Labute approximate surface area is 126 Å². The summed E-state index contributed by atoms with van der Waals surface area (Å²) in [5, 5.41) is 5.01. The molecule has 112 valence electrons. The van der Waals surface area contributed by atoms with Crippen molar-refractivity contribution in [2.24, 2.45) is 0 Å². The number of carbonyl (C=O) groups excluding carboxylic acids is 2. The monoisotopic (exact) mass is 298 g/mol. The lowest BCUT2D eigenvalue weighted by atomic mass is 9.96. The van der Waals surface area contributed by atoms with Crippen molar-refractivity contribution in [1.82, 2.24) is 0 Å². The smallest absolute Gasteiger partial charge is 0.360 e. The van der Waals surface area contributed by atoms with Gasteiger partial charge < -0.3 is 15.1 Å². The molecule has 0 unspecified atom stereocenters. The van der Waals surface area contributed by atoms with E-state index in [0.717, 1.165) is 0 Å². The molecule has 0 saturated heterocycles. The molecule has 3 rings (SSSR count). The highest BCUT2D eigenvalue weighted by Gasteiger charge is 2.22. The summed E-state index contributed by atoms with van der Waals surface area (Å²) in [6, 6.07) is 9.65. The van der Waals surface area contributed by atoms with Crippen LogP contribution < -0.4 is 16.3 Å². The van der Waals surface area contributed by atoms with Crippen molar-refractivity contribution < 1.29 is 14.0 Å². The molecule has 0 bridgehead atoms. The number of rotatable bonds is 2. The molecule has 22 heavy (non-hydrogen) atoms. The first-order chi connectivity index (χ1) is 10.6. The zero-order chi connectivity index (χ0) is 15.5. The summed E-state index contributed by atoms with van der Waals surface area (Å²) < 4.78 is 5.13. The summed E-state index contributed by atoms with van der Waals surface area (Å²) in [7, 11) is 0. The highest BCUT2D eigenvalue weighted by Crippen LogP contribution is 2.22. The Bertz CT molecular complexity index is 780. The van der Waals surface area contributed by atoms with Crippen LogP contribution in [0.25, 0.3) is 0 Å². The molecule has 0 radical (unpaired) electrons. The van der Waals surface area contributed by atoms with E-state index < -0.39 is 11.7 Å². The molecule has 1 heterocycles. The van der Waals surface area contributed by atoms with Gasteiger partial charge in [-0.05, 0) is 24.6 Å². The maximum Gasteiger partial charge on any atom is 0.360 e. The van der Waals surface area contributed by atoms with Gasteiger partial charge in [0.25, 0.3) is 0 Å². The average molecular weight is 298 g/mol. The molecule has 1 aromatic heterocycles. The van der Waals surface area contributed by atoms with Crippen molar-refractivity contribution in [2.75, 3.05) is 10.6 Å². The maximum atomic E-state index is 11.9. The molecule has 1 aromatic carbocycles. The fourth-order valence-electron chi connectivity index (χ4n) is 2.36. The molecular weight excluding hydrogens is 284 g/mol. The number of anilines is 2. The number of urea groups is 1. The van der Waals surface area contributed by atoms with Gasteiger partial charge in [-0.3, -0.25) is 4.79 Å². The van der Waals surface area contributed by atoms with Crippen LogP contribution in [0, 0.1) is 0 Å². The number of nitrogens with one attached hydrogen (secondary N) is 2. The lowest BCUT2D eigenvalue weighted by molar-refractivity contribution is 0.0966. The minimum absolute atomic E-state index is 0.0394. The number of ketones is 1. The Morgan fingerprint density at radius 1 is 1.05 bits per heavy atom. The van der Waals surface area contributed by atoms with Gasteiger partial charge >= 0.3 is 11.7 Å². The van der Waals surface area contributed by atoms with E-state index in [0.29, 0.717) is 36.3 Å². The number of para-hydroxylation sites is 1. The fourth-order valence-corrected chi connectivity index (χ4v) is 2.36. The number of amides is 2. The maximum absolute atomic E-state index is 11.9. The number of carbonyl (C=O) groups is 2. The van der Waals surface area contributed by atoms with E-state index in [1.807, 2.05) is 6.07 Å². The highest BCUT2D eigenvalue weighted by atomic mass is 16.4. The third-order valence-electron chi connectivity index (χ3n) is 3.41. The summed E-state index contributed by atoms with van der Waals surface area (Å²) in [6.45, 7) is 0. The molecule has 1 aliphatic carbocycles. The molecule has 0 aliphatic heterocycles. The van der Waals surface area contributed by atoms with Crippen LogP contribution in [0.2, 0.25) is 0 Å². The zero-order valence-corrected chi connectivity index (χ0v) is 11.7. The standard InChI is InChI=1S/C16H14N2O4/c19-13-7-4-8-14-11(13)9-12(15(20)22-14)18-16(21)17-10-5-2-1-3-6-10/h1-3,5-6,9H,4,7-8H2,(H2,17,18,21). The van der Waals surface area contributed by atoms with Crippen LogP contribution >= 0.6 is 0 Å². The molecular formula is C16H14N2O4. The second-order valence-corrected chi connectivity index (χ2v) is 5.01. The lowest BCUT2D eigenvalue weighted by Crippen LogP contribution is -2.25. The van der Waals surface area contributed by atoms with Crippen molar-refractivity contribution >= 4 is 23.2 Å². The van der Waals surface area contributed by atoms with Crippen LogP contribution in [-0.4, -0.2) is 11.8 Å². The molecule has 2 N–H and O–H groups in total. The second kappa shape index (κ2) is 5.85. The fraction of sp³-hybridized carbons (Fsp3) is 0.188. The van der Waals surface area contributed by atoms with E-state index in [-0.39, 0.29) is 11.5 Å². The topological polar surface area (TPSA) is 88.4 Å². The highest BCUT2D eigenvalue weighted by molar-refractivity contribution is 6.02. The summed E-state index contributed by atoms with van der Waals surface area (Å²) in [6.07, 6.45) is 1.67. The van der Waals surface area contributed by atoms with Gasteiger partial charge in [0.2, 0.25) is 0 Å². The van der Waals surface area contributed by atoms with E-state index in [4.69, 9.17) is 4.42 Å². The van der Waals surface area contributed by atoms with E-state index in [9.17, 15) is 14.4 Å².